The fourth-order valence-corrected chi connectivity index (χ4v) is 1.16. The van der Waals surface area contributed by atoms with Gasteiger partial charge in [-0.3, -0.25) is 9.90 Å². The lowest BCUT2D eigenvalue weighted by Crippen LogP contribution is -2.26. The second-order valence-electron chi connectivity index (χ2n) is 3.58. The molecule has 4 heteroatoms. The Hall–Kier alpha value is -1.29. The molecule has 0 saturated carbocycles. The average Bonchev–Trinajstić information content (AvgIpc) is 2.15. The summed E-state index contributed by atoms with van der Waals surface area (Å²) in [6.45, 7) is 5.11. The lowest BCUT2D eigenvalue weighted by Gasteiger charge is -2.23. The van der Waals surface area contributed by atoms with Gasteiger partial charge in [-0.05, 0) is 18.1 Å². The Balaban J connectivity index is 2.73. The molecule has 1 aromatic rings. The molecule has 78 valence electrons. The van der Waals surface area contributed by atoms with Crippen LogP contribution < -0.4 is 10.8 Å². The number of aromatic nitrogens is 1. The molecule has 1 rings (SSSR count). The lowest BCUT2D eigenvalue weighted by atomic mass is 10.2. The molecule has 1 heterocycles. The highest BCUT2D eigenvalue weighted by atomic mass is 16.7. The molecule has 2 N–H and O–H groups in total. The van der Waals surface area contributed by atoms with Gasteiger partial charge < -0.3 is 5.73 Å². The SMILES string of the molecule is CON(CC(C)C)c1ccc(N)nc1. The van der Waals surface area contributed by atoms with Crippen molar-refractivity contribution in [1.29, 1.82) is 0 Å². The second-order valence-corrected chi connectivity index (χ2v) is 3.58. The third-order valence-electron chi connectivity index (χ3n) is 1.81. The number of hydroxylamine groups is 1. The van der Waals surface area contributed by atoms with Crippen molar-refractivity contribution < 1.29 is 4.84 Å². The highest BCUT2D eigenvalue weighted by molar-refractivity contribution is 5.45. The van der Waals surface area contributed by atoms with E-state index < -0.39 is 0 Å². The number of hydrogen-bond donors (Lipinski definition) is 1. The van der Waals surface area contributed by atoms with E-state index in [1.165, 1.54) is 0 Å². The second kappa shape index (κ2) is 4.81. The Kier molecular flexibility index (Phi) is 3.71. The Morgan fingerprint density at radius 1 is 1.50 bits per heavy atom. The summed E-state index contributed by atoms with van der Waals surface area (Å²) in [5.74, 6) is 1.06. The summed E-state index contributed by atoms with van der Waals surface area (Å²) in [5, 5.41) is 1.80. The van der Waals surface area contributed by atoms with Crippen molar-refractivity contribution in [2.75, 3.05) is 24.5 Å². The summed E-state index contributed by atoms with van der Waals surface area (Å²) in [7, 11) is 1.65. The topological polar surface area (TPSA) is 51.4 Å². The zero-order valence-corrected chi connectivity index (χ0v) is 8.90. The Labute approximate surface area is 84.6 Å². The molecule has 1 aromatic heterocycles. The molecule has 0 radical (unpaired) electrons. The maximum absolute atomic E-state index is 5.50. The highest BCUT2D eigenvalue weighted by Crippen LogP contribution is 2.15. The van der Waals surface area contributed by atoms with Crippen molar-refractivity contribution in [3.05, 3.63) is 18.3 Å². The zero-order valence-electron chi connectivity index (χ0n) is 8.90. The van der Waals surface area contributed by atoms with Crippen LogP contribution in [0.4, 0.5) is 11.5 Å². The smallest absolute Gasteiger partial charge is 0.123 e. The van der Waals surface area contributed by atoms with Gasteiger partial charge in [-0.15, -0.1) is 0 Å². The molecule has 0 spiro atoms. The van der Waals surface area contributed by atoms with Crippen molar-refractivity contribution in [3.8, 4) is 0 Å². The van der Waals surface area contributed by atoms with Crippen LogP contribution in [0, 0.1) is 5.92 Å². The van der Waals surface area contributed by atoms with Crippen LogP contribution in [0.15, 0.2) is 18.3 Å². The number of nitrogens with zero attached hydrogens (tertiary/aromatic N) is 2. The third kappa shape index (κ3) is 2.88. The van der Waals surface area contributed by atoms with E-state index in [0.717, 1.165) is 12.2 Å². The minimum atomic E-state index is 0.523. The fourth-order valence-electron chi connectivity index (χ4n) is 1.16. The first kappa shape index (κ1) is 10.8. The van der Waals surface area contributed by atoms with Gasteiger partial charge in [0, 0.05) is 6.54 Å². The number of rotatable bonds is 4. The van der Waals surface area contributed by atoms with E-state index in [1.807, 2.05) is 6.07 Å². The monoisotopic (exact) mass is 195 g/mol. The van der Waals surface area contributed by atoms with Gasteiger partial charge in [0.05, 0.1) is 19.0 Å². The van der Waals surface area contributed by atoms with Gasteiger partial charge in [0.25, 0.3) is 0 Å². The molecule has 0 fully saturated rings. The van der Waals surface area contributed by atoms with Crippen molar-refractivity contribution in [2.24, 2.45) is 5.92 Å². The first-order valence-corrected chi connectivity index (χ1v) is 4.66. The summed E-state index contributed by atoms with van der Waals surface area (Å²) in [6.07, 6.45) is 1.71. The maximum atomic E-state index is 5.50. The van der Waals surface area contributed by atoms with Crippen LogP contribution in [-0.4, -0.2) is 18.6 Å². The van der Waals surface area contributed by atoms with Gasteiger partial charge in [0.15, 0.2) is 0 Å². The van der Waals surface area contributed by atoms with Crippen LogP contribution in [-0.2, 0) is 4.84 Å². The first-order valence-electron chi connectivity index (χ1n) is 4.66. The van der Waals surface area contributed by atoms with Crippen LogP contribution >= 0.6 is 0 Å². The van der Waals surface area contributed by atoms with Crippen LogP contribution in [0.25, 0.3) is 0 Å². The molecular formula is C10H17N3O. The number of hydrogen-bond acceptors (Lipinski definition) is 4. The number of anilines is 2. The molecular weight excluding hydrogens is 178 g/mol. The zero-order chi connectivity index (χ0) is 10.6. The van der Waals surface area contributed by atoms with E-state index in [4.69, 9.17) is 10.6 Å². The quantitative estimate of drug-likeness (QED) is 0.743. The average molecular weight is 195 g/mol. The van der Waals surface area contributed by atoms with E-state index in [0.29, 0.717) is 11.7 Å². The maximum Gasteiger partial charge on any atom is 0.123 e. The van der Waals surface area contributed by atoms with Gasteiger partial charge in [0.2, 0.25) is 0 Å². The summed E-state index contributed by atoms with van der Waals surface area (Å²) in [4.78, 5) is 9.25. The molecule has 0 aliphatic carbocycles. The van der Waals surface area contributed by atoms with Crippen molar-refractivity contribution in [2.45, 2.75) is 13.8 Å². The van der Waals surface area contributed by atoms with E-state index in [2.05, 4.69) is 18.8 Å². The van der Waals surface area contributed by atoms with Gasteiger partial charge in [-0.2, -0.15) is 0 Å². The van der Waals surface area contributed by atoms with Crippen molar-refractivity contribution in [3.63, 3.8) is 0 Å². The molecule has 14 heavy (non-hydrogen) atoms. The molecule has 0 bridgehead atoms. The van der Waals surface area contributed by atoms with Crippen molar-refractivity contribution >= 4 is 11.5 Å². The summed E-state index contributed by atoms with van der Waals surface area (Å²) < 4.78 is 0. The lowest BCUT2D eigenvalue weighted by molar-refractivity contribution is 0.158. The predicted molar refractivity (Wildman–Crippen MR) is 57.8 cm³/mol. The molecule has 0 unspecified atom stereocenters. The van der Waals surface area contributed by atoms with Crippen molar-refractivity contribution in [1.82, 2.24) is 4.98 Å². The van der Waals surface area contributed by atoms with Gasteiger partial charge >= 0.3 is 0 Å². The largest absolute Gasteiger partial charge is 0.384 e. The first-order chi connectivity index (χ1) is 6.63. The molecule has 0 aliphatic heterocycles. The minimum absolute atomic E-state index is 0.523. The standard InChI is InChI=1S/C10H17N3O/c1-8(2)7-13(14-3)9-4-5-10(11)12-6-9/h4-6,8H,7H2,1-3H3,(H2,11,12). The Morgan fingerprint density at radius 3 is 2.64 bits per heavy atom. The summed E-state index contributed by atoms with van der Waals surface area (Å²) in [5.41, 5.74) is 6.43. The van der Waals surface area contributed by atoms with Gasteiger partial charge in [-0.1, -0.05) is 13.8 Å². The van der Waals surface area contributed by atoms with E-state index in [1.54, 1.807) is 24.4 Å². The molecule has 0 aromatic carbocycles. The number of pyridine rings is 1. The van der Waals surface area contributed by atoms with E-state index >= 15 is 0 Å². The van der Waals surface area contributed by atoms with Crippen LogP contribution in [0.3, 0.4) is 0 Å². The number of nitrogens with two attached hydrogens (primary N) is 1. The summed E-state index contributed by atoms with van der Waals surface area (Å²) >= 11 is 0. The van der Waals surface area contributed by atoms with Crippen LogP contribution in [0.5, 0.6) is 0 Å². The Bertz CT molecular complexity index is 271. The van der Waals surface area contributed by atoms with Gasteiger partial charge in [0.1, 0.15) is 5.82 Å². The van der Waals surface area contributed by atoms with Crippen LogP contribution in [0.2, 0.25) is 0 Å². The van der Waals surface area contributed by atoms with Gasteiger partial charge in [-0.25, -0.2) is 4.98 Å². The molecule has 0 aliphatic rings. The molecule has 0 atom stereocenters. The van der Waals surface area contributed by atoms with E-state index in [9.17, 15) is 0 Å². The predicted octanol–water partition coefficient (Wildman–Crippen LogP) is 1.69. The third-order valence-corrected chi connectivity index (χ3v) is 1.81. The molecule has 0 saturated heterocycles. The minimum Gasteiger partial charge on any atom is -0.384 e. The van der Waals surface area contributed by atoms with E-state index in [-0.39, 0.29) is 0 Å². The summed E-state index contributed by atoms with van der Waals surface area (Å²) in [6, 6.07) is 3.66. The molecule has 0 amide bonds. The highest BCUT2D eigenvalue weighted by Gasteiger charge is 2.07. The number of nitrogen functional groups attached to an aromatic ring is 1. The normalized spacial score (nSPS) is 10.6. The Morgan fingerprint density at radius 2 is 2.21 bits per heavy atom. The fraction of sp³-hybridized carbons (Fsp3) is 0.500. The molecule has 4 nitrogen and oxygen atoms in total. The van der Waals surface area contributed by atoms with Crippen LogP contribution in [0.1, 0.15) is 13.8 Å².